The highest BCUT2D eigenvalue weighted by Gasteiger charge is 2.58. The van der Waals surface area contributed by atoms with E-state index in [0.717, 1.165) is 17.2 Å². The van der Waals surface area contributed by atoms with Crippen LogP contribution < -0.4 is 34.0 Å². The molecule has 0 atom stereocenters. The molecule has 30 heavy (non-hydrogen) atoms. The quantitative estimate of drug-likeness (QED) is 0.452. The van der Waals surface area contributed by atoms with Gasteiger partial charge in [-0.25, -0.2) is 0 Å². The fraction of sp³-hybridized carbons (Fsp3) is 0.0417. The van der Waals surface area contributed by atoms with Crippen molar-refractivity contribution in [2.45, 2.75) is 6.55 Å². The van der Waals surface area contributed by atoms with Crippen LogP contribution in [-0.2, 0) is 0 Å². The molecule has 0 aliphatic carbocycles. The fourth-order valence-corrected chi connectivity index (χ4v) is 8.81. The monoisotopic (exact) mass is 409 g/mol. The van der Waals surface area contributed by atoms with Crippen LogP contribution in [0.1, 0.15) is 0 Å². The molecule has 0 unspecified atom stereocenters. The van der Waals surface area contributed by atoms with Crippen molar-refractivity contribution < 1.29 is 18.4 Å². The number of hydrogen-bond donors (Lipinski definition) is 0. The van der Waals surface area contributed by atoms with Crippen LogP contribution in [0.15, 0.2) is 103 Å². The summed E-state index contributed by atoms with van der Waals surface area (Å²) in [7, 11) is -2.45. The summed E-state index contributed by atoms with van der Waals surface area (Å²) in [5.41, 5.74) is 0. The number of pyridine rings is 1. The van der Waals surface area contributed by atoms with Crippen molar-refractivity contribution in [2.75, 3.05) is 0 Å². The first-order valence-electron chi connectivity index (χ1n) is 10.2. The summed E-state index contributed by atoms with van der Waals surface area (Å²) in [4.78, 5) is 0. The normalized spacial score (nSPS) is 23.2. The Bertz CT molecular complexity index is 1140. The molecule has 2 bridgehead atoms. The van der Waals surface area contributed by atoms with Gasteiger partial charge in [0.15, 0.2) is 8.07 Å². The standard InChI is InChI=1S/C24H20BNO3Si/c1-30-22-14-6-3-11-19(22)27-25(26-17-9-2-10-18-26,28-20-12-4-7-15-23(20)30)29-21-13-5-8-16-24(21)30/h2-18H,1H3. The van der Waals surface area contributed by atoms with Gasteiger partial charge >= 0.3 is 6.89 Å². The average molecular weight is 409 g/mol. The van der Waals surface area contributed by atoms with Crippen LogP contribution in [0.3, 0.4) is 0 Å². The molecule has 4 heterocycles. The van der Waals surface area contributed by atoms with E-state index in [4.69, 9.17) is 14.0 Å². The van der Waals surface area contributed by atoms with Crippen LogP contribution in [0.25, 0.3) is 0 Å². The first kappa shape index (κ1) is 17.4. The summed E-state index contributed by atoms with van der Waals surface area (Å²) in [5, 5.41) is 3.66. The van der Waals surface area contributed by atoms with Gasteiger partial charge in [0.2, 0.25) is 0 Å². The van der Waals surface area contributed by atoms with E-state index in [1.54, 1.807) is 0 Å². The molecule has 0 radical (unpaired) electrons. The molecule has 0 fully saturated rings. The first-order valence-corrected chi connectivity index (χ1v) is 12.7. The molecule has 1 aromatic heterocycles. The highest BCUT2D eigenvalue weighted by atomic mass is 28.3. The minimum Gasteiger partial charge on any atom is -0.582 e. The summed E-state index contributed by atoms with van der Waals surface area (Å²) in [5.74, 6) is 2.44. The fourth-order valence-electron chi connectivity index (χ4n) is 4.74. The van der Waals surface area contributed by atoms with Gasteiger partial charge in [0.05, 0.1) is 17.2 Å². The minimum atomic E-state index is -2.45. The van der Waals surface area contributed by atoms with Crippen LogP contribution in [0.2, 0.25) is 6.55 Å². The number of aromatic nitrogens is 1. The van der Waals surface area contributed by atoms with Gasteiger partial charge in [0.1, 0.15) is 12.4 Å². The summed E-state index contributed by atoms with van der Waals surface area (Å²) in [6, 6.07) is 30.8. The van der Waals surface area contributed by atoms with Gasteiger partial charge < -0.3 is 18.4 Å². The zero-order valence-electron chi connectivity index (χ0n) is 16.6. The smallest absolute Gasteiger partial charge is 0.582 e. The van der Waals surface area contributed by atoms with Crippen LogP contribution >= 0.6 is 0 Å². The molecule has 0 spiro atoms. The molecule has 146 valence electrons. The summed E-state index contributed by atoms with van der Waals surface area (Å²) >= 11 is 0. The van der Waals surface area contributed by atoms with Crippen LogP contribution in [0.4, 0.5) is 0 Å². The second-order valence-electron chi connectivity index (χ2n) is 7.89. The lowest BCUT2D eigenvalue weighted by molar-refractivity contribution is -0.584. The minimum absolute atomic E-state index is 0.812. The Morgan fingerprint density at radius 3 is 1.40 bits per heavy atom. The number of hydrogen-bond acceptors (Lipinski definition) is 3. The van der Waals surface area contributed by atoms with Crippen molar-refractivity contribution in [1.82, 2.24) is 0 Å². The van der Waals surface area contributed by atoms with Gasteiger partial charge in [-0.15, -0.1) is 0 Å². The Morgan fingerprint density at radius 1 is 0.567 bits per heavy atom. The highest BCUT2D eigenvalue weighted by molar-refractivity contribution is 7.12. The third-order valence-corrected chi connectivity index (χ3v) is 10.7. The number of nitrogens with zero attached hydrogens (tertiary/aromatic N) is 1. The van der Waals surface area contributed by atoms with Gasteiger partial charge in [-0.2, -0.15) is 0 Å². The molecule has 3 aliphatic heterocycles. The van der Waals surface area contributed by atoms with Gasteiger partial charge in [-0.3, -0.25) is 0 Å². The van der Waals surface area contributed by atoms with E-state index in [9.17, 15) is 0 Å². The molecule has 7 rings (SSSR count). The van der Waals surface area contributed by atoms with Crippen molar-refractivity contribution in [1.29, 1.82) is 0 Å². The number of rotatable bonds is 1. The van der Waals surface area contributed by atoms with E-state index in [-0.39, 0.29) is 0 Å². The van der Waals surface area contributed by atoms with Gasteiger partial charge in [-0.05, 0) is 45.9 Å². The lowest BCUT2D eigenvalue weighted by atomic mass is 9.93. The zero-order valence-corrected chi connectivity index (χ0v) is 17.6. The van der Waals surface area contributed by atoms with Crippen molar-refractivity contribution in [3.63, 3.8) is 0 Å². The molecule has 4 aromatic rings. The predicted molar refractivity (Wildman–Crippen MR) is 120 cm³/mol. The lowest BCUT2D eigenvalue weighted by Crippen LogP contribution is -2.81. The van der Waals surface area contributed by atoms with Crippen molar-refractivity contribution in [2.24, 2.45) is 0 Å². The van der Waals surface area contributed by atoms with Crippen molar-refractivity contribution in [3.8, 4) is 17.2 Å². The third kappa shape index (κ3) is 2.31. The van der Waals surface area contributed by atoms with Crippen molar-refractivity contribution >= 4 is 30.5 Å². The molecule has 0 saturated heterocycles. The SMILES string of the molecule is C[Si]12c3ccccc3O[B-]([n+]3ccccc3)(Oc3ccccc31)Oc1ccccc12. The lowest BCUT2D eigenvalue weighted by Gasteiger charge is -2.46. The topological polar surface area (TPSA) is 31.6 Å². The summed E-state index contributed by atoms with van der Waals surface area (Å²) < 4.78 is 21.9. The van der Waals surface area contributed by atoms with Crippen LogP contribution in [-0.4, -0.2) is 15.0 Å². The number of benzene rings is 3. The van der Waals surface area contributed by atoms with E-state index >= 15 is 0 Å². The Labute approximate surface area is 176 Å². The van der Waals surface area contributed by atoms with E-state index in [2.05, 4.69) is 42.9 Å². The molecule has 6 heteroatoms. The predicted octanol–water partition coefficient (Wildman–Crippen LogP) is 2.22. The zero-order chi connectivity index (χ0) is 20.2. The van der Waals surface area contributed by atoms with E-state index in [0.29, 0.717) is 0 Å². The Morgan fingerprint density at radius 2 is 0.967 bits per heavy atom. The summed E-state index contributed by atoms with van der Waals surface area (Å²) in [6.07, 6.45) is 3.85. The summed E-state index contributed by atoms with van der Waals surface area (Å²) in [6.45, 7) is -0.0381. The molecular weight excluding hydrogens is 389 g/mol. The van der Waals surface area contributed by atoms with E-state index in [1.165, 1.54) is 15.6 Å². The molecule has 3 aromatic carbocycles. The number of para-hydroxylation sites is 3. The van der Waals surface area contributed by atoms with Gasteiger partial charge in [0.25, 0.3) is 0 Å². The largest absolute Gasteiger partial charge is 0.878 e. The maximum Gasteiger partial charge on any atom is 0.878 e. The molecule has 0 N–H and O–H groups in total. The van der Waals surface area contributed by atoms with E-state index in [1.807, 2.05) is 71.5 Å². The van der Waals surface area contributed by atoms with Crippen LogP contribution in [0, 0.1) is 0 Å². The Balaban J connectivity index is 1.79. The Hall–Kier alpha value is -3.51. The van der Waals surface area contributed by atoms with Gasteiger partial charge in [0, 0.05) is 0 Å². The highest BCUT2D eigenvalue weighted by Crippen LogP contribution is 2.31. The molecule has 3 aliphatic rings. The molecule has 0 saturated carbocycles. The second-order valence-corrected chi connectivity index (χ2v) is 11.8. The second kappa shape index (κ2) is 6.24. The van der Waals surface area contributed by atoms with Gasteiger partial charge in [-0.1, -0.05) is 67.2 Å². The van der Waals surface area contributed by atoms with E-state index < -0.39 is 15.0 Å². The molecular formula is C24H20BNO3Si. The molecule has 4 nitrogen and oxygen atoms in total. The molecule has 0 amide bonds. The maximum absolute atomic E-state index is 6.68. The Kier molecular flexibility index (Phi) is 3.61. The van der Waals surface area contributed by atoms with Crippen molar-refractivity contribution in [3.05, 3.63) is 103 Å². The third-order valence-electron chi connectivity index (χ3n) is 6.21. The maximum atomic E-state index is 6.68. The first-order chi connectivity index (χ1) is 14.7. The van der Waals surface area contributed by atoms with Crippen LogP contribution in [0.5, 0.6) is 17.2 Å². The average Bonchev–Trinajstić information content (AvgIpc) is 2.78.